The highest BCUT2D eigenvalue weighted by Gasteiger charge is 2.26. The van der Waals surface area contributed by atoms with Gasteiger partial charge in [-0.15, -0.1) is 0 Å². The fraction of sp³-hybridized carbons (Fsp3) is 0.533. The second kappa shape index (κ2) is 6.68. The van der Waals surface area contributed by atoms with Crippen molar-refractivity contribution in [3.63, 3.8) is 0 Å². The molecule has 1 aliphatic rings. The third-order valence-electron chi connectivity index (χ3n) is 3.89. The number of nitrogens with zero attached hydrogens (tertiary/aromatic N) is 1. The largest absolute Gasteiger partial charge is 0.391 e. The second-order valence-electron chi connectivity index (χ2n) is 5.41. The van der Waals surface area contributed by atoms with Gasteiger partial charge in [-0.25, -0.2) is 4.39 Å². The van der Waals surface area contributed by atoms with Crippen LogP contribution in [0.3, 0.4) is 0 Å². The smallest absolute Gasteiger partial charge is 0.222 e. The van der Waals surface area contributed by atoms with E-state index in [1.54, 1.807) is 17.0 Å². The van der Waals surface area contributed by atoms with E-state index in [9.17, 15) is 14.3 Å². The van der Waals surface area contributed by atoms with Crippen LogP contribution >= 0.6 is 15.9 Å². The number of piperidine rings is 1. The number of aliphatic hydroxyl groups excluding tert-OH is 1. The van der Waals surface area contributed by atoms with Crippen molar-refractivity contribution in [1.29, 1.82) is 0 Å². The zero-order valence-corrected chi connectivity index (χ0v) is 13.1. The van der Waals surface area contributed by atoms with Gasteiger partial charge in [0.2, 0.25) is 5.91 Å². The molecule has 1 amide bonds. The van der Waals surface area contributed by atoms with Gasteiger partial charge in [-0.05, 0) is 36.5 Å². The molecule has 0 aromatic heterocycles. The lowest BCUT2D eigenvalue weighted by Gasteiger charge is -2.34. The Bertz CT molecular complexity index is 495. The molecule has 3 nitrogen and oxygen atoms in total. The summed E-state index contributed by atoms with van der Waals surface area (Å²) < 4.78 is 14.4. The fourth-order valence-corrected chi connectivity index (χ4v) is 2.73. The van der Waals surface area contributed by atoms with Crippen molar-refractivity contribution in [2.45, 2.75) is 32.3 Å². The SMILES string of the molecule is CC1CCN(C(=O)CCc2ccc(Br)cc2F)CC1O. The summed E-state index contributed by atoms with van der Waals surface area (Å²) in [5.74, 6) is -0.0688. The van der Waals surface area contributed by atoms with E-state index in [-0.39, 0.29) is 24.1 Å². The molecular formula is C15H19BrFNO2. The third-order valence-corrected chi connectivity index (χ3v) is 4.39. The fourth-order valence-electron chi connectivity index (χ4n) is 2.40. The van der Waals surface area contributed by atoms with Crippen LogP contribution in [0.1, 0.15) is 25.3 Å². The molecule has 110 valence electrons. The highest BCUT2D eigenvalue weighted by atomic mass is 79.9. The van der Waals surface area contributed by atoms with Gasteiger partial charge in [-0.2, -0.15) is 0 Å². The van der Waals surface area contributed by atoms with Crippen LogP contribution in [0.15, 0.2) is 22.7 Å². The van der Waals surface area contributed by atoms with Crippen molar-refractivity contribution in [2.24, 2.45) is 5.92 Å². The van der Waals surface area contributed by atoms with Gasteiger partial charge in [-0.1, -0.05) is 28.9 Å². The molecule has 0 aliphatic carbocycles. The van der Waals surface area contributed by atoms with Gasteiger partial charge in [0.05, 0.1) is 6.10 Å². The lowest BCUT2D eigenvalue weighted by molar-refractivity contribution is -0.135. The molecule has 20 heavy (non-hydrogen) atoms. The van der Waals surface area contributed by atoms with Gasteiger partial charge in [0.25, 0.3) is 0 Å². The Hall–Kier alpha value is -0.940. The lowest BCUT2D eigenvalue weighted by atomic mass is 9.95. The minimum absolute atomic E-state index is 0.0155. The Morgan fingerprint density at radius 2 is 2.30 bits per heavy atom. The number of β-amino-alcohol motifs (C(OH)–C–C–N with tert-alkyl or cyclic N) is 1. The summed E-state index contributed by atoms with van der Waals surface area (Å²) in [6.45, 7) is 3.06. The quantitative estimate of drug-likeness (QED) is 0.916. The normalized spacial score (nSPS) is 22.9. The van der Waals surface area contributed by atoms with Crippen molar-refractivity contribution in [1.82, 2.24) is 4.90 Å². The predicted octanol–water partition coefficient (Wildman–Crippen LogP) is 2.75. The first-order valence-corrected chi connectivity index (χ1v) is 7.66. The number of hydrogen-bond donors (Lipinski definition) is 1. The summed E-state index contributed by atoms with van der Waals surface area (Å²) in [4.78, 5) is 13.8. The van der Waals surface area contributed by atoms with E-state index in [4.69, 9.17) is 0 Å². The van der Waals surface area contributed by atoms with Crippen LogP contribution in [0.4, 0.5) is 4.39 Å². The summed E-state index contributed by atoms with van der Waals surface area (Å²) in [5.41, 5.74) is 0.549. The summed E-state index contributed by atoms with van der Waals surface area (Å²) in [7, 11) is 0. The maximum atomic E-state index is 13.7. The monoisotopic (exact) mass is 343 g/mol. The van der Waals surface area contributed by atoms with Gasteiger partial charge in [0.15, 0.2) is 0 Å². The van der Waals surface area contributed by atoms with Crippen molar-refractivity contribution < 1.29 is 14.3 Å². The van der Waals surface area contributed by atoms with E-state index < -0.39 is 6.10 Å². The number of aryl methyl sites for hydroxylation is 1. The minimum atomic E-state index is -0.447. The van der Waals surface area contributed by atoms with Crippen molar-refractivity contribution in [3.05, 3.63) is 34.1 Å². The van der Waals surface area contributed by atoms with E-state index in [0.717, 1.165) is 6.42 Å². The molecule has 1 aromatic carbocycles. The van der Waals surface area contributed by atoms with Gasteiger partial charge in [0, 0.05) is 24.0 Å². The molecule has 5 heteroatoms. The Kier molecular flexibility index (Phi) is 5.16. The van der Waals surface area contributed by atoms with Gasteiger partial charge in [-0.3, -0.25) is 4.79 Å². The first-order valence-electron chi connectivity index (χ1n) is 6.87. The van der Waals surface area contributed by atoms with Crippen LogP contribution in [0.25, 0.3) is 0 Å². The van der Waals surface area contributed by atoms with Crippen LogP contribution in [-0.2, 0) is 11.2 Å². The van der Waals surface area contributed by atoms with E-state index in [2.05, 4.69) is 15.9 Å². The molecule has 1 aliphatic heterocycles. The van der Waals surface area contributed by atoms with Crippen LogP contribution in [0, 0.1) is 11.7 Å². The molecule has 1 saturated heterocycles. The zero-order chi connectivity index (χ0) is 14.7. The second-order valence-corrected chi connectivity index (χ2v) is 6.32. The molecular weight excluding hydrogens is 325 g/mol. The minimum Gasteiger partial charge on any atom is -0.391 e. The van der Waals surface area contributed by atoms with Crippen LogP contribution in [-0.4, -0.2) is 35.1 Å². The molecule has 0 radical (unpaired) electrons. The van der Waals surface area contributed by atoms with E-state index in [1.807, 2.05) is 6.92 Å². The first-order chi connectivity index (χ1) is 9.47. The molecule has 2 unspecified atom stereocenters. The molecule has 0 spiro atoms. The van der Waals surface area contributed by atoms with Gasteiger partial charge in [0.1, 0.15) is 5.82 Å². The Balaban J connectivity index is 1.89. The Labute approximate surface area is 126 Å². The lowest BCUT2D eigenvalue weighted by Crippen LogP contribution is -2.45. The molecule has 0 saturated carbocycles. The third kappa shape index (κ3) is 3.79. The summed E-state index contributed by atoms with van der Waals surface area (Å²) >= 11 is 3.21. The number of halogens is 2. The van der Waals surface area contributed by atoms with Crippen molar-refractivity contribution >= 4 is 21.8 Å². The standard InChI is InChI=1S/C15H19BrFNO2/c1-10-6-7-18(9-14(10)19)15(20)5-3-11-2-4-12(16)8-13(11)17/h2,4,8,10,14,19H,3,5-7,9H2,1H3. The highest BCUT2D eigenvalue weighted by Crippen LogP contribution is 2.19. The van der Waals surface area contributed by atoms with Gasteiger partial charge >= 0.3 is 0 Å². The number of rotatable bonds is 3. The average molecular weight is 344 g/mol. The molecule has 2 rings (SSSR count). The average Bonchev–Trinajstić information content (AvgIpc) is 2.40. The summed E-state index contributed by atoms with van der Waals surface area (Å²) in [6, 6.07) is 4.88. The molecule has 1 N–H and O–H groups in total. The van der Waals surface area contributed by atoms with Crippen LogP contribution in [0.2, 0.25) is 0 Å². The van der Waals surface area contributed by atoms with Crippen molar-refractivity contribution in [3.8, 4) is 0 Å². The molecule has 0 bridgehead atoms. The zero-order valence-electron chi connectivity index (χ0n) is 11.5. The first kappa shape index (κ1) is 15.4. The summed E-state index contributed by atoms with van der Waals surface area (Å²) in [5, 5.41) is 9.80. The van der Waals surface area contributed by atoms with E-state index >= 15 is 0 Å². The van der Waals surface area contributed by atoms with Crippen LogP contribution in [0.5, 0.6) is 0 Å². The predicted molar refractivity (Wildman–Crippen MR) is 78.8 cm³/mol. The van der Waals surface area contributed by atoms with E-state index in [0.29, 0.717) is 29.5 Å². The number of amides is 1. The number of benzene rings is 1. The number of carbonyl (C=O) groups excluding carboxylic acids is 1. The summed E-state index contributed by atoms with van der Waals surface area (Å²) in [6.07, 6.45) is 1.04. The van der Waals surface area contributed by atoms with Crippen LogP contribution < -0.4 is 0 Å². The molecule has 1 fully saturated rings. The topological polar surface area (TPSA) is 40.5 Å². The number of hydrogen-bond acceptors (Lipinski definition) is 2. The highest BCUT2D eigenvalue weighted by molar-refractivity contribution is 9.10. The Morgan fingerprint density at radius 1 is 1.55 bits per heavy atom. The molecule has 1 aromatic rings. The number of likely N-dealkylation sites (tertiary alicyclic amines) is 1. The maximum absolute atomic E-state index is 13.7. The molecule has 1 heterocycles. The van der Waals surface area contributed by atoms with Crippen molar-refractivity contribution in [2.75, 3.05) is 13.1 Å². The Morgan fingerprint density at radius 3 is 2.95 bits per heavy atom. The number of aliphatic hydroxyl groups is 1. The molecule has 2 atom stereocenters. The van der Waals surface area contributed by atoms with E-state index in [1.165, 1.54) is 6.07 Å². The van der Waals surface area contributed by atoms with Gasteiger partial charge < -0.3 is 10.0 Å². The maximum Gasteiger partial charge on any atom is 0.222 e. The number of carbonyl (C=O) groups is 1.